The third kappa shape index (κ3) is 3.54. The number of carbonyl (C=O) groups excluding carboxylic acids is 1. The lowest BCUT2D eigenvalue weighted by Crippen LogP contribution is -2.40. The van der Waals surface area contributed by atoms with Crippen molar-refractivity contribution in [3.63, 3.8) is 0 Å². The molecule has 0 saturated heterocycles. The Kier molecular flexibility index (Phi) is 4.93. The fourth-order valence-electron chi connectivity index (χ4n) is 4.24. The largest absolute Gasteiger partial charge is 0.378 e. The summed E-state index contributed by atoms with van der Waals surface area (Å²) >= 11 is 13.0. The Hall–Kier alpha value is -1.97. The highest BCUT2D eigenvalue weighted by Crippen LogP contribution is 2.52. The van der Waals surface area contributed by atoms with E-state index in [1.165, 1.54) is 0 Å². The Morgan fingerprint density at radius 3 is 2.54 bits per heavy atom. The maximum atomic E-state index is 12.6. The molecule has 2 N–H and O–H groups in total. The van der Waals surface area contributed by atoms with Crippen molar-refractivity contribution in [2.24, 2.45) is 5.92 Å². The van der Waals surface area contributed by atoms with E-state index in [1.807, 2.05) is 57.2 Å². The molecule has 4 rings (SSSR count). The summed E-state index contributed by atoms with van der Waals surface area (Å²) in [6.07, 6.45) is 5.40. The molecule has 1 aliphatic carbocycles. The zero-order chi connectivity index (χ0) is 20.1. The number of rotatable bonds is 2. The molecule has 0 fully saturated rings. The van der Waals surface area contributed by atoms with Crippen molar-refractivity contribution < 1.29 is 4.79 Å². The summed E-state index contributed by atoms with van der Waals surface area (Å²) in [5, 5.41) is 8.04. The van der Waals surface area contributed by atoms with Crippen LogP contribution in [0.5, 0.6) is 0 Å². The minimum absolute atomic E-state index is 0.0305. The fourth-order valence-corrected chi connectivity index (χ4v) is 4.87. The van der Waals surface area contributed by atoms with Crippen LogP contribution >= 0.6 is 23.2 Å². The van der Waals surface area contributed by atoms with E-state index in [0.29, 0.717) is 21.5 Å². The van der Waals surface area contributed by atoms with Crippen LogP contribution in [-0.4, -0.2) is 11.4 Å². The van der Waals surface area contributed by atoms with Gasteiger partial charge in [0, 0.05) is 38.3 Å². The second-order valence-electron chi connectivity index (χ2n) is 8.62. The van der Waals surface area contributed by atoms with Crippen LogP contribution < -0.4 is 10.6 Å². The molecule has 5 heteroatoms. The number of carbonyl (C=O) groups is 1. The van der Waals surface area contributed by atoms with Crippen LogP contribution in [0.4, 0.5) is 5.69 Å². The summed E-state index contributed by atoms with van der Waals surface area (Å²) in [6, 6.07) is 11.6. The number of anilines is 1. The maximum absolute atomic E-state index is 12.6. The molecule has 0 spiro atoms. The summed E-state index contributed by atoms with van der Waals surface area (Å²) in [4.78, 5) is 12.6. The van der Waals surface area contributed by atoms with E-state index < -0.39 is 0 Å². The topological polar surface area (TPSA) is 41.1 Å². The minimum atomic E-state index is -0.271. The molecule has 1 heterocycles. The van der Waals surface area contributed by atoms with Gasteiger partial charge in [0.15, 0.2) is 0 Å². The Morgan fingerprint density at radius 2 is 1.86 bits per heavy atom. The van der Waals surface area contributed by atoms with Crippen LogP contribution in [0.1, 0.15) is 60.6 Å². The van der Waals surface area contributed by atoms with Crippen LogP contribution in [0, 0.1) is 5.92 Å². The molecule has 1 aliphatic heterocycles. The van der Waals surface area contributed by atoms with E-state index in [-0.39, 0.29) is 23.4 Å². The summed E-state index contributed by atoms with van der Waals surface area (Å²) < 4.78 is 0. The zero-order valence-electron chi connectivity index (χ0n) is 16.2. The molecule has 146 valence electrons. The van der Waals surface area contributed by atoms with Gasteiger partial charge in [-0.3, -0.25) is 4.79 Å². The quantitative estimate of drug-likeness (QED) is 0.562. The van der Waals surface area contributed by atoms with Crippen molar-refractivity contribution in [1.29, 1.82) is 0 Å². The van der Waals surface area contributed by atoms with E-state index in [0.717, 1.165) is 23.2 Å². The number of amides is 1. The molecule has 2 aromatic rings. The van der Waals surface area contributed by atoms with Gasteiger partial charge in [0.05, 0.1) is 6.04 Å². The van der Waals surface area contributed by atoms with E-state index in [4.69, 9.17) is 23.2 Å². The third-order valence-electron chi connectivity index (χ3n) is 5.42. The number of hydrogen-bond donors (Lipinski definition) is 2. The van der Waals surface area contributed by atoms with Gasteiger partial charge in [-0.25, -0.2) is 0 Å². The lowest BCUT2D eigenvalue weighted by Gasteiger charge is -2.38. The van der Waals surface area contributed by atoms with Crippen LogP contribution in [0.2, 0.25) is 10.0 Å². The zero-order valence-corrected chi connectivity index (χ0v) is 17.7. The standard InChI is InChI=1S/C23H24Cl2N2O/c1-23(2,3)27-22(28)13-10-11-19-16(12-13)14-6-4-7-15(14)21(26-19)20-17(24)8-5-9-18(20)25/h4-6,8-12,14-15,21,26H,7H2,1-3H3,(H,27,28). The first kappa shape index (κ1) is 19.4. The van der Waals surface area contributed by atoms with Gasteiger partial charge in [-0.1, -0.05) is 41.4 Å². The van der Waals surface area contributed by atoms with Crippen molar-refractivity contribution in [1.82, 2.24) is 5.32 Å². The number of fused-ring (bicyclic) bond motifs is 3. The summed E-state index contributed by atoms with van der Waals surface area (Å²) in [5.41, 5.74) is 3.54. The van der Waals surface area contributed by atoms with Crippen molar-refractivity contribution in [2.75, 3.05) is 5.32 Å². The molecule has 2 aliphatic rings. The van der Waals surface area contributed by atoms with Gasteiger partial charge in [-0.15, -0.1) is 0 Å². The molecule has 28 heavy (non-hydrogen) atoms. The van der Waals surface area contributed by atoms with Crippen molar-refractivity contribution in [3.05, 3.63) is 75.3 Å². The predicted molar refractivity (Wildman–Crippen MR) is 116 cm³/mol. The third-order valence-corrected chi connectivity index (χ3v) is 6.08. The van der Waals surface area contributed by atoms with E-state index in [2.05, 4.69) is 22.8 Å². The van der Waals surface area contributed by atoms with Gasteiger partial charge >= 0.3 is 0 Å². The molecular weight excluding hydrogens is 391 g/mol. The lowest BCUT2D eigenvalue weighted by molar-refractivity contribution is 0.0919. The number of allylic oxidation sites excluding steroid dienone is 2. The average Bonchev–Trinajstić information content (AvgIpc) is 3.10. The Bertz CT molecular complexity index is 941. The number of nitrogens with one attached hydrogen (secondary N) is 2. The number of halogens is 2. The smallest absolute Gasteiger partial charge is 0.251 e. The highest BCUT2D eigenvalue weighted by Gasteiger charge is 2.39. The molecule has 0 radical (unpaired) electrons. The Morgan fingerprint density at radius 1 is 1.14 bits per heavy atom. The van der Waals surface area contributed by atoms with E-state index in [9.17, 15) is 4.79 Å². The summed E-state index contributed by atoms with van der Waals surface area (Å²) in [7, 11) is 0. The molecular formula is C23H24Cl2N2O. The van der Waals surface area contributed by atoms with Gasteiger partial charge in [0.25, 0.3) is 5.91 Å². The predicted octanol–water partition coefficient (Wildman–Crippen LogP) is 6.35. The molecule has 0 saturated carbocycles. The van der Waals surface area contributed by atoms with Gasteiger partial charge in [-0.05, 0) is 69.0 Å². The van der Waals surface area contributed by atoms with Gasteiger partial charge in [0.2, 0.25) is 0 Å². The molecule has 3 nitrogen and oxygen atoms in total. The highest BCUT2D eigenvalue weighted by molar-refractivity contribution is 6.36. The molecule has 0 aromatic heterocycles. The SMILES string of the molecule is CC(C)(C)NC(=O)c1ccc2c(c1)C1C=CCC1C(c1c(Cl)cccc1Cl)N2. The lowest BCUT2D eigenvalue weighted by atomic mass is 9.76. The summed E-state index contributed by atoms with van der Waals surface area (Å²) in [5.74, 6) is 0.493. The monoisotopic (exact) mass is 414 g/mol. The van der Waals surface area contributed by atoms with Gasteiger partial charge < -0.3 is 10.6 Å². The first-order valence-corrected chi connectivity index (χ1v) is 10.3. The molecule has 2 aromatic carbocycles. The van der Waals surface area contributed by atoms with E-state index >= 15 is 0 Å². The maximum Gasteiger partial charge on any atom is 0.251 e. The van der Waals surface area contributed by atoms with Gasteiger partial charge in [0.1, 0.15) is 0 Å². The number of hydrogen-bond acceptors (Lipinski definition) is 2. The van der Waals surface area contributed by atoms with Crippen LogP contribution in [0.3, 0.4) is 0 Å². The van der Waals surface area contributed by atoms with Crippen LogP contribution in [-0.2, 0) is 0 Å². The van der Waals surface area contributed by atoms with Crippen molar-refractivity contribution in [3.8, 4) is 0 Å². The second kappa shape index (κ2) is 7.13. The van der Waals surface area contributed by atoms with Crippen molar-refractivity contribution >= 4 is 34.8 Å². The second-order valence-corrected chi connectivity index (χ2v) is 9.43. The molecule has 1 amide bonds. The normalized spacial score (nSPS) is 23.0. The molecule has 3 atom stereocenters. The van der Waals surface area contributed by atoms with Crippen LogP contribution in [0.15, 0.2) is 48.6 Å². The van der Waals surface area contributed by atoms with Crippen LogP contribution in [0.25, 0.3) is 0 Å². The number of benzene rings is 2. The molecule has 0 bridgehead atoms. The minimum Gasteiger partial charge on any atom is -0.378 e. The average molecular weight is 415 g/mol. The Balaban J connectivity index is 1.72. The first-order chi connectivity index (χ1) is 13.2. The van der Waals surface area contributed by atoms with Gasteiger partial charge in [-0.2, -0.15) is 0 Å². The molecule has 3 unspecified atom stereocenters. The summed E-state index contributed by atoms with van der Waals surface area (Å²) in [6.45, 7) is 5.95. The fraction of sp³-hybridized carbons (Fsp3) is 0.348. The highest BCUT2D eigenvalue weighted by atomic mass is 35.5. The Labute approximate surface area is 176 Å². The van der Waals surface area contributed by atoms with E-state index in [1.54, 1.807) is 0 Å². The first-order valence-electron chi connectivity index (χ1n) is 9.58. The van der Waals surface area contributed by atoms with Crippen molar-refractivity contribution in [2.45, 2.75) is 44.7 Å².